The van der Waals surface area contributed by atoms with Gasteiger partial charge in [0.1, 0.15) is 5.82 Å². The summed E-state index contributed by atoms with van der Waals surface area (Å²) in [4.78, 5) is 11.9. The quantitative estimate of drug-likeness (QED) is 0.744. The summed E-state index contributed by atoms with van der Waals surface area (Å²) in [5.41, 5.74) is 7.40. The Morgan fingerprint density at radius 3 is 2.40 bits per heavy atom. The minimum Gasteiger partial charge on any atom is -0.396 e. The number of carbonyl (C=O) groups excluding carboxylic acids is 1. The van der Waals surface area contributed by atoms with Gasteiger partial charge in [-0.1, -0.05) is 24.3 Å². The molecule has 0 fully saturated rings. The molecule has 104 valence electrons. The third-order valence-electron chi connectivity index (χ3n) is 2.92. The van der Waals surface area contributed by atoms with Crippen molar-refractivity contribution < 1.29 is 14.3 Å². The number of aliphatic hydroxyl groups is 1. The number of nitrogens with two attached hydrogens (primary N) is 1. The summed E-state index contributed by atoms with van der Waals surface area (Å²) in [6.07, 6.45) is 0. The van der Waals surface area contributed by atoms with Gasteiger partial charge in [0.25, 0.3) is 5.91 Å². The Bertz CT molecular complexity index is 612. The SMILES string of the molecule is Nc1cc(C(=O)NCc2ccc(CO)cc2)ccc1F. The lowest BCUT2D eigenvalue weighted by atomic mass is 10.1. The highest BCUT2D eigenvalue weighted by Gasteiger charge is 2.07. The predicted octanol–water partition coefficient (Wildman–Crippen LogP) is 1.83. The van der Waals surface area contributed by atoms with Crippen molar-refractivity contribution in [3.8, 4) is 0 Å². The summed E-state index contributed by atoms with van der Waals surface area (Å²) in [6.45, 7) is 0.337. The number of rotatable bonds is 4. The van der Waals surface area contributed by atoms with Gasteiger partial charge in [0.15, 0.2) is 0 Å². The lowest BCUT2D eigenvalue weighted by Crippen LogP contribution is -2.23. The van der Waals surface area contributed by atoms with Gasteiger partial charge in [0.2, 0.25) is 0 Å². The Hall–Kier alpha value is -2.40. The lowest BCUT2D eigenvalue weighted by Gasteiger charge is -2.07. The molecule has 4 nitrogen and oxygen atoms in total. The van der Waals surface area contributed by atoms with E-state index in [1.54, 1.807) is 12.1 Å². The molecule has 0 aliphatic carbocycles. The van der Waals surface area contributed by atoms with E-state index in [2.05, 4.69) is 5.32 Å². The Morgan fingerprint density at radius 1 is 1.15 bits per heavy atom. The van der Waals surface area contributed by atoms with Gasteiger partial charge in [-0.25, -0.2) is 4.39 Å². The van der Waals surface area contributed by atoms with Crippen LogP contribution in [0.5, 0.6) is 0 Å². The molecule has 0 heterocycles. The molecule has 0 saturated carbocycles. The Labute approximate surface area is 116 Å². The first-order valence-corrected chi connectivity index (χ1v) is 6.12. The first-order valence-electron chi connectivity index (χ1n) is 6.12. The number of nitrogen functional groups attached to an aromatic ring is 1. The molecule has 0 spiro atoms. The van der Waals surface area contributed by atoms with Crippen LogP contribution < -0.4 is 11.1 Å². The van der Waals surface area contributed by atoms with Crippen molar-refractivity contribution in [2.75, 3.05) is 5.73 Å². The maximum Gasteiger partial charge on any atom is 0.251 e. The molecule has 5 heteroatoms. The van der Waals surface area contributed by atoms with Gasteiger partial charge >= 0.3 is 0 Å². The molecule has 1 amide bonds. The van der Waals surface area contributed by atoms with E-state index in [4.69, 9.17) is 10.8 Å². The lowest BCUT2D eigenvalue weighted by molar-refractivity contribution is 0.0951. The second-order valence-electron chi connectivity index (χ2n) is 4.39. The highest BCUT2D eigenvalue weighted by Crippen LogP contribution is 2.12. The standard InChI is InChI=1S/C15H15FN2O2/c16-13-6-5-12(7-14(13)17)15(20)18-8-10-1-3-11(9-19)4-2-10/h1-7,19H,8-9,17H2,(H,18,20). The molecule has 0 aromatic heterocycles. The maximum absolute atomic E-state index is 13.0. The van der Waals surface area contributed by atoms with Gasteiger partial charge in [-0.05, 0) is 29.3 Å². The summed E-state index contributed by atoms with van der Waals surface area (Å²) < 4.78 is 13.0. The van der Waals surface area contributed by atoms with Crippen molar-refractivity contribution in [3.63, 3.8) is 0 Å². The van der Waals surface area contributed by atoms with E-state index in [1.807, 2.05) is 12.1 Å². The zero-order valence-corrected chi connectivity index (χ0v) is 10.8. The van der Waals surface area contributed by atoms with Crippen LogP contribution in [0.4, 0.5) is 10.1 Å². The van der Waals surface area contributed by atoms with Crippen molar-refractivity contribution in [3.05, 3.63) is 65.0 Å². The Morgan fingerprint density at radius 2 is 1.80 bits per heavy atom. The summed E-state index contributed by atoms with van der Waals surface area (Å²) in [5, 5.41) is 11.7. The van der Waals surface area contributed by atoms with Gasteiger partial charge in [-0.2, -0.15) is 0 Å². The topological polar surface area (TPSA) is 75.4 Å². The molecule has 2 aromatic rings. The van der Waals surface area contributed by atoms with Crippen molar-refractivity contribution >= 4 is 11.6 Å². The van der Waals surface area contributed by atoms with Crippen LogP contribution in [0.25, 0.3) is 0 Å². The van der Waals surface area contributed by atoms with E-state index in [-0.39, 0.29) is 18.2 Å². The van der Waals surface area contributed by atoms with Crippen molar-refractivity contribution in [1.29, 1.82) is 0 Å². The van der Waals surface area contributed by atoms with Crippen LogP contribution in [0, 0.1) is 5.82 Å². The summed E-state index contributed by atoms with van der Waals surface area (Å²) in [5.74, 6) is -0.857. The number of amides is 1. The molecule has 4 N–H and O–H groups in total. The van der Waals surface area contributed by atoms with Crippen LogP contribution in [0.15, 0.2) is 42.5 Å². The van der Waals surface area contributed by atoms with Crippen LogP contribution in [-0.4, -0.2) is 11.0 Å². The van der Waals surface area contributed by atoms with E-state index in [9.17, 15) is 9.18 Å². The van der Waals surface area contributed by atoms with E-state index in [0.717, 1.165) is 11.1 Å². The van der Waals surface area contributed by atoms with Gasteiger partial charge < -0.3 is 16.2 Å². The minimum absolute atomic E-state index is 0.0124. The fraction of sp³-hybridized carbons (Fsp3) is 0.133. The van der Waals surface area contributed by atoms with Crippen molar-refractivity contribution in [1.82, 2.24) is 5.32 Å². The van der Waals surface area contributed by atoms with Gasteiger partial charge in [0.05, 0.1) is 12.3 Å². The van der Waals surface area contributed by atoms with Gasteiger partial charge in [-0.15, -0.1) is 0 Å². The molecule has 0 aliphatic rings. The molecule has 2 rings (SSSR count). The highest BCUT2D eigenvalue weighted by molar-refractivity contribution is 5.94. The highest BCUT2D eigenvalue weighted by atomic mass is 19.1. The molecule has 0 bridgehead atoms. The first kappa shape index (κ1) is 14.0. The van der Waals surface area contributed by atoms with Gasteiger partial charge in [0, 0.05) is 12.1 Å². The molecule has 2 aromatic carbocycles. The third kappa shape index (κ3) is 3.33. The van der Waals surface area contributed by atoms with E-state index in [0.29, 0.717) is 12.1 Å². The molecule has 0 unspecified atom stereocenters. The molecular formula is C15H15FN2O2. The number of halogens is 1. The Balaban J connectivity index is 1.98. The van der Waals surface area contributed by atoms with Crippen LogP contribution >= 0.6 is 0 Å². The molecule has 20 heavy (non-hydrogen) atoms. The van der Waals surface area contributed by atoms with Crippen LogP contribution in [0.1, 0.15) is 21.5 Å². The van der Waals surface area contributed by atoms with E-state index >= 15 is 0 Å². The van der Waals surface area contributed by atoms with Crippen LogP contribution in [0.3, 0.4) is 0 Å². The summed E-state index contributed by atoms with van der Waals surface area (Å²) >= 11 is 0. The Kier molecular flexibility index (Phi) is 4.32. The van der Waals surface area contributed by atoms with Crippen LogP contribution in [-0.2, 0) is 13.2 Å². The average molecular weight is 274 g/mol. The fourth-order valence-electron chi connectivity index (χ4n) is 1.73. The van der Waals surface area contributed by atoms with E-state index < -0.39 is 5.82 Å². The number of hydrogen-bond acceptors (Lipinski definition) is 3. The molecule has 0 saturated heterocycles. The van der Waals surface area contributed by atoms with Crippen molar-refractivity contribution in [2.45, 2.75) is 13.2 Å². The molecule has 0 atom stereocenters. The summed E-state index contributed by atoms with van der Waals surface area (Å²) in [6, 6.07) is 11.1. The maximum atomic E-state index is 13.0. The predicted molar refractivity (Wildman–Crippen MR) is 74.3 cm³/mol. The van der Waals surface area contributed by atoms with Crippen LogP contribution in [0.2, 0.25) is 0 Å². The zero-order valence-electron chi connectivity index (χ0n) is 10.8. The minimum atomic E-state index is -0.541. The second kappa shape index (κ2) is 6.16. The first-order chi connectivity index (χ1) is 9.60. The average Bonchev–Trinajstić information content (AvgIpc) is 2.48. The largest absolute Gasteiger partial charge is 0.396 e. The third-order valence-corrected chi connectivity index (χ3v) is 2.92. The molecular weight excluding hydrogens is 259 g/mol. The summed E-state index contributed by atoms with van der Waals surface area (Å²) in [7, 11) is 0. The smallest absolute Gasteiger partial charge is 0.251 e. The number of aliphatic hydroxyl groups excluding tert-OH is 1. The number of hydrogen-bond donors (Lipinski definition) is 3. The fourth-order valence-corrected chi connectivity index (χ4v) is 1.73. The number of carbonyl (C=O) groups is 1. The second-order valence-corrected chi connectivity index (χ2v) is 4.39. The number of anilines is 1. The number of benzene rings is 2. The number of nitrogens with one attached hydrogen (secondary N) is 1. The molecule has 0 radical (unpaired) electrons. The normalized spacial score (nSPS) is 10.3. The van der Waals surface area contributed by atoms with E-state index in [1.165, 1.54) is 18.2 Å². The zero-order chi connectivity index (χ0) is 14.5. The van der Waals surface area contributed by atoms with Crippen molar-refractivity contribution in [2.24, 2.45) is 0 Å². The van der Waals surface area contributed by atoms with Gasteiger partial charge in [-0.3, -0.25) is 4.79 Å². The monoisotopic (exact) mass is 274 g/mol. The molecule has 0 aliphatic heterocycles.